The van der Waals surface area contributed by atoms with E-state index in [1.54, 1.807) is 0 Å². The van der Waals surface area contributed by atoms with Gasteiger partial charge in [-0.15, -0.1) is 0 Å². The number of sulfonamides is 1. The van der Waals surface area contributed by atoms with E-state index < -0.39 is 15.8 Å². The molecule has 0 aliphatic rings. The van der Waals surface area contributed by atoms with Crippen LogP contribution in [-0.4, -0.2) is 28.2 Å². The molecule has 0 fully saturated rings. The van der Waals surface area contributed by atoms with Crippen LogP contribution in [0.3, 0.4) is 0 Å². The summed E-state index contributed by atoms with van der Waals surface area (Å²) in [4.78, 5) is -0.0844. The Balaban J connectivity index is 2.56. The van der Waals surface area contributed by atoms with Gasteiger partial charge in [-0.2, -0.15) is 0 Å². The van der Waals surface area contributed by atoms with Crippen molar-refractivity contribution in [2.24, 2.45) is 0 Å². The molecule has 1 aromatic rings. The molecule has 0 saturated heterocycles. The van der Waals surface area contributed by atoms with Gasteiger partial charge in [0, 0.05) is 6.54 Å². The molecule has 0 saturated carbocycles. The molecule has 1 N–H and O–H groups in total. The molecule has 0 heterocycles. The zero-order valence-electron chi connectivity index (χ0n) is 10.4. The first-order valence-electron chi connectivity index (χ1n) is 5.50. The SMILES string of the molecule is C=C(C)COCCNS(=O)(=O)c1ccc(F)c(Cl)c1. The molecule has 19 heavy (non-hydrogen) atoms. The molecule has 1 aromatic carbocycles. The summed E-state index contributed by atoms with van der Waals surface area (Å²) in [7, 11) is -3.70. The molecule has 0 aromatic heterocycles. The zero-order chi connectivity index (χ0) is 14.5. The van der Waals surface area contributed by atoms with Crippen molar-refractivity contribution in [3.63, 3.8) is 0 Å². The van der Waals surface area contributed by atoms with Gasteiger partial charge in [0.15, 0.2) is 0 Å². The summed E-state index contributed by atoms with van der Waals surface area (Å²) >= 11 is 5.54. The lowest BCUT2D eigenvalue weighted by Gasteiger charge is -2.08. The van der Waals surface area contributed by atoms with Gasteiger partial charge in [0.1, 0.15) is 5.82 Å². The Morgan fingerprint density at radius 2 is 2.21 bits per heavy atom. The second-order valence-corrected chi connectivity index (χ2v) is 6.16. The number of hydrogen-bond acceptors (Lipinski definition) is 3. The lowest BCUT2D eigenvalue weighted by Crippen LogP contribution is -2.27. The minimum atomic E-state index is -3.70. The molecule has 0 aliphatic heterocycles. The van der Waals surface area contributed by atoms with E-state index in [2.05, 4.69) is 11.3 Å². The maximum absolute atomic E-state index is 12.9. The summed E-state index contributed by atoms with van der Waals surface area (Å²) < 4.78 is 44.1. The summed E-state index contributed by atoms with van der Waals surface area (Å²) in [5, 5.41) is -0.235. The molecule has 0 spiro atoms. The van der Waals surface area contributed by atoms with Crippen molar-refractivity contribution in [1.29, 1.82) is 0 Å². The standard InChI is InChI=1S/C12H15ClFNO3S/c1-9(2)8-18-6-5-15-19(16,17)10-3-4-12(14)11(13)7-10/h3-4,7,15H,1,5-6,8H2,2H3. The van der Waals surface area contributed by atoms with Crippen LogP contribution in [0.4, 0.5) is 4.39 Å². The summed E-state index contributed by atoms with van der Waals surface area (Å²) in [6.07, 6.45) is 0. The molecule has 0 radical (unpaired) electrons. The van der Waals surface area contributed by atoms with E-state index in [-0.39, 0.29) is 23.1 Å². The Kier molecular flexibility index (Phi) is 5.93. The Hall–Kier alpha value is -0.950. The lowest BCUT2D eigenvalue weighted by molar-refractivity contribution is 0.162. The molecule has 4 nitrogen and oxygen atoms in total. The van der Waals surface area contributed by atoms with E-state index in [9.17, 15) is 12.8 Å². The van der Waals surface area contributed by atoms with Crippen LogP contribution in [0, 0.1) is 5.82 Å². The van der Waals surface area contributed by atoms with E-state index in [0.29, 0.717) is 6.61 Å². The van der Waals surface area contributed by atoms with Crippen molar-refractivity contribution in [3.8, 4) is 0 Å². The third-order valence-electron chi connectivity index (χ3n) is 2.09. The van der Waals surface area contributed by atoms with Gasteiger partial charge in [-0.05, 0) is 25.1 Å². The molecular weight excluding hydrogens is 293 g/mol. The minimum absolute atomic E-state index is 0.0844. The van der Waals surface area contributed by atoms with Crippen molar-refractivity contribution in [2.75, 3.05) is 19.8 Å². The molecular formula is C12H15ClFNO3S. The van der Waals surface area contributed by atoms with E-state index in [0.717, 1.165) is 23.8 Å². The first-order chi connectivity index (χ1) is 8.83. The van der Waals surface area contributed by atoms with Gasteiger partial charge in [0.05, 0.1) is 23.1 Å². The quantitative estimate of drug-likeness (QED) is 0.621. The number of rotatable bonds is 7. The van der Waals surface area contributed by atoms with Gasteiger partial charge < -0.3 is 4.74 Å². The van der Waals surface area contributed by atoms with Gasteiger partial charge in [-0.3, -0.25) is 0 Å². The maximum Gasteiger partial charge on any atom is 0.240 e. The third-order valence-corrected chi connectivity index (χ3v) is 3.84. The van der Waals surface area contributed by atoms with Crippen molar-refractivity contribution in [3.05, 3.63) is 41.2 Å². The number of benzene rings is 1. The Morgan fingerprint density at radius 1 is 1.53 bits per heavy atom. The summed E-state index contributed by atoms with van der Waals surface area (Å²) in [6, 6.07) is 3.22. The van der Waals surface area contributed by atoms with Crippen molar-refractivity contribution < 1.29 is 17.5 Å². The largest absolute Gasteiger partial charge is 0.376 e. The lowest BCUT2D eigenvalue weighted by atomic mass is 10.3. The Morgan fingerprint density at radius 3 is 2.79 bits per heavy atom. The van der Waals surface area contributed by atoms with Crippen LogP contribution in [0.15, 0.2) is 35.2 Å². The maximum atomic E-state index is 12.9. The van der Waals surface area contributed by atoms with E-state index in [1.165, 1.54) is 0 Å². The molecule has 0 bridgehead atoms. The fourth-order valence-electron chi connectivity index (χ4n) is 1.22. The summed E-state index contributed by atoms with van der Waals surface area (Å²) in [5.41, 5.74) is 0.855. The van der Waals surface area contributed by atoms with Crippen LogP contribution in [0.1, 0.15) is 6.92 Å². The van der Waals surface area contributed by atoms with Crippen LogP contribution < -0.4 is 4.72 Å². The van der Waals surface area contributed by atoms with Crippen LogP contribution in [-0.2, 0) is 14.8 Å². The molecule has 106 valence electrons. The van der Waals surface area contributed by atoms with Crippen molar-refractivity contribution >= 4 is 21.6 Å². The second kappa shape index (κ2) is 7.00. The van der Waals surface area contributed by atoms with Gasteiger partial charge in [0.2, 0.25) is 10.0 Å². The topological polar surface area (TPSA) is 55.4 Å². The highest BCUT2D eigenvalue weighted by Gasteiger charge is 2.15. The molecule has 0 amide bonds. The average molecular weight is 308 g/mol. The van der Waals surface area contributed by atoms with Crippen LogP contribution in [0.5, 0.6) is 0 Å². The Bertz CT molecular complexity index is 560. The average Bonchev–Trinajstić information content (AvgIpc) is 2.31. The number of halogens is 2. The molecule has 1 rings (SSSR count). The first-order valence-corrected chi connectivity index (χ1v) is 7.36. The highest BCUT2D eigenvalue weighted by Crippen LogP contribution is 2.19. The summed E-state index contributed by atoms with van der Waals surface area (Å²) in [5.74, 6) is -0.662. The van der Waals surface area contributed by atoms with E-state index in [1.807, 2.05) is 6.92 Å². The van der Waals surface area contributed by atoms with Crippen LogP contribution >= 0.6 is 11.6 Å². The number of ether oxygens (including phenoxy) is 1. The summed E-state index contributed by atoms with van der Waals surface area (Å²) in [6.45, 7) is 6.18. The van der Waals surface area contributed by atoms with Crippen molar-refractivity contribution in [2.45, 2.75) is 11.8 Å². The predicted molar refractivity (Wildman–Crippen MR) is 72.2 cm³/mol. The molecule has 0 unspecified atom stereocenters. The second-order valence-electron chi connectivity index (χ2n) is 3.98. The van der Waals surface area contributed by atoms with Crippen LogP contribution in [0.25, 0.3) is 0 Å². The zero-order valence-corrected chi connectivity index (χ0v) is 12.0. The first kappa shape index (κ1) is 16.1. The number of nitrogens with one attached hydrogen (secondary N) is 1. The van der Waals surface area contributed by atoms with Gasteiger partial charge in [-0.1, -0.05) is 23.8 Å². The fraction of sp³-hybridized carbons (Fsp3) is 0.333. The third kappa shape index (κ3) is 5.28. The van der Waals surface area contributed by atoms with E-state index in [4.69, 9.17) is 16.3 Å². The van der Waals surface area contributed by atoms with E-state index >= 15 is 0 Å². The van der Waals surface area contributed by atoms with Gasteiger partial charge in [-0.25, -0.2) is 17.5 Å². The minimum Gasteiger partial charge on any atom is -0.376 e. The molecule has 0 aliphatic carbocycles. The van der Waals surface area contributed by atoms with Crippen LogP contribution in [0.2, 0.25) is 5.02 Å². The number of hydrogen-bond donors (Lipinski definition) is 1. The Labute approximate surface area is 117 Å². The normalized spacial score (nSPS) is 11.5. The fourth-order valence-corrected chi connectivity index (χ4v) is 2.51. The van der Waals surface area contributed by atoms with Gasteiger partial charge in [0.25, 0.3) is 0 Å². The highest BCUT2D eigenvalue weighted by atomic mass is 35.5. The van der Waals surface area contributed by atoms with Gasteiger partial charge >= 0.3 is 0 Å². The molecule has 7 heteroatoms. The monoisotopic (exact) mass is 307 g/mol. The van der Waals surface area contributed by atoms with Crippen molar-refractivity contribution in [1.82, 2.24) is 4.72 Å². The predicted octanol–water partition coefficient (Wildman–Crippen LogP) is 2.35. The molecule has 0 atom stereocenters. The highest BCUT2D eigenvalue weighted by molar-refractivity contribution is 7.89. The smallest absolute Gasteiger partial charge is 0.240 e.